The standard InChI is InChI=1S/C27H28ClFN2O2S/c1-2-30-27(33)25(16-20-9-4-3-5-10-20)31(17-22-12-6-7-14-24(22)29)26(32)19-34-18-21-11-8-13-23(28)15-21/h3-15,25H,2,16-19H2,1H3,(H,30,33). The summed E-state index contributed by atoms with van der Waals surface area (Å²) in [5.74, 6) is -0.115. The highest BCUT2D eigenvalue weighted by atomic mass is 35.5. The minimum atomic E-state index is -0.763. The summed E-state index contributed by atoms with van der Waals surface area (Å²) in [6, 6.07) is 22.6. The van der Waals surface area contributed by atoms with Crippen LogP contribution in [0.25, 0.3) is 0 Å². The first-order valence-electron chi connectivity index (χ1n) is 11.1. The van der Waals surface area contributed by atoms with Gasteiger partial charge in [-0.15, -0.1) is 11.8 Å². The topological polar surface area (TPSA) is 49.4 Å². The number of nitrogens with one attached hydrogen (secondary N) is 1. The monoisotopic (exact) mass is 498 g/mol. The van der Waals surface area contributed by atoms with Crippen molar-refractivity contribution in [2.75, 3.05) is 12.3 Å². The van der Waals surface area contributed by atoms with Crippen molar-refractivity contribution in [3.8, 4) is 0 Å². The van der Waals surface area contributed by atoms with E-state index in [1.165, 1.54) is 22.7 Å². The van der Waals surface area contributed by atoms with E-state index in [4.69, 9.17) is 11.6 Å². The van der Waals surface area contributed by atoms with Gasteiger partial charge in [0.2, 0.25) is 11.8 Å². The Labute approximate surface area is 209 Å². The summed E-state index contributed by atoms with van der Waals surface area (Å²) in [5, 5.41) is 3.49. The number of carbonyl (C=O) groups is 2. The molecule has 3 aromatic carbocycles. The average Bonchev–Trinajstić information content (AvgIpc) is 2.83. The van der Waals surface area contributed by atoms with Gasteiger partial charge in [0.15, 0.2) is 0 Å². The molecule has 1 unspecified atom stereocenters. The molecule has 3 aromatic rings. The van der Waals surface area contributed by atoms with Crippen LogP contribution in [0.2, 0.25) is 5.02 Å². The lowest BCUT2D eigenvalue weighted by molar-refractivity contribution is -0.139. The molecule has 4 nitrogen and oxygen atoms in total. The molecule has 0 aromatic heterocycles. The fraction of sp³-hybridized carbons (Fsp3) is 0.259. The highest BCUT2D eigenvalue weighted by Gasteiger charge is 2.30. The summed E-state index contributed by atoms with van der Waals surface area (Å²) in [4.78, 5) is 28.0. The maximum atomic E-state index is 14.5. The maximum Gasteiger partial charge on any atom is 0.243 e. The number of benzene rings is 3. The molecule has 2 amide bonds. The highest BCUT2D eigenvalue weighted by molar-refractivity contribution is 7.99. The molecule has 0 spiro atoms. The fourth-order valence-corrected chi connectivity index (χ4v) is 4.69. The summed E-state index contributed by atoms with van der Waals surface area (Å²) in [7, 11) is 0. The van der Waals surface area contributed by atoms with E-state index in [2.05, 4.69) is 5.32 Å². The van der Waals surface area contributed by atoms with Crippen LogP contribution in [0.3, 0.4) is 0 Å². The van der Waals surface area contributed by atoms with E-state index in [0.29, 0.717) is 29.3 Å². The number of hydrogen-bond acceptors (Lipinski definition) is 3. The second-order valence-corrected chi connectivity index (χ2v) is 9.26. The summed E-state index contributed by atoms with van der Waals surface area (Å²) < 4.78 is 14.5. The van der Waals surface area contributed by atoms with Gasteiger partial charge in [0.1, 0.15) is 11.9 Å². The zero-order valence-electron chi connectivity index (χ0n) is 19.0. The Bertz CT molecular complexity index is 1100. The predicted octanol–water partition coefficient (Wildman–Crippen LogP) is 5.49. The number of carbonyl (C=O) groups excluding carboxylic acids is 2. The van der Waals surface area contributed by atoms with E-state index in [1.807, 2.05) is 55.5 Å². The Morgan fingerprint density at radius 1 is 1.00 bits per heavy atom. The molecule has 178 valence electrons. The second kappa shape index (κ2) is 13.2. The maximum absolute atomic E-state index is 14.5. The van der Waals surface area contributed by atoms with Crippen LogP contribution in [0, 0.1) is 5.82 Å². The molecule has 0 aliphatic rings. The van der Waals surface area contributed by atoms with Crippen LogP contribution in [0.15, 0.2) is 78.9 Å². The van der Waals surface area contributed by atoms with E-state index in [1.54, 1.807) is 24.3 Å². The van der Waals surface area contributed by atoms with Crippen LogP contribution in [0.4, 0.5) is 4.39 Å². The van der Waals surface area contributed by atoms with E-state index in [0.717, 1.165) is 11.1 Å². The molecule has 0 fully saturated rings. The van der Waals surface area contributed by atoms with Crippen LogP contribution >= 0.6 is 23.4 Å². The van der Waals surface area contributed by atoms with Crippen molar-refractivity contribution in [3.05, 3.63) is 106 Å². The van der Waals surface area contributed by atoms with Gasteiger partial charge in [0.05, 0.1) is 5.75 Å². The molecule has 34 heavy (non-hydrogen) atoms. The first kappa shape index (κ1) is 25.8. The molecule has 1 atom stereocenters. The van der Waals surface area contributed by atoms with Gasteiger partial charge in [-0.05, 0) is 36.2 Å². The molecule has 0 radical (unpaired) electrons. The lowest BCUT2D eigenvalue weighted by Gasteiger charge is -2.31. The van der Waals surface area contributed by atoms with Crippen molar-refractivity contribution in [1.29, 1.82) is 0 Å². The van der Waals surface area contributed by atoms with Crippen molar-refractivity contribution in [1.82, 2.24) is 10.2 Å². The molecule has 0 aliphatic heterocycles. The van der Waals surface area contributed by atoms with Crippen LogP contribution in [0.5, 0.6) is 0 Å². The zero-order valence-corrected chi connectivity index (χ0v) is 20.6. The van der Waals surface area contributed by atoms with E-state index in [-0.39, 0.29) is 24.1 Å². The molecule has 0 saturated carbocycles. The quantitative estimate of drug-likeness (QED) is 0.380. The average molecular weight is 499 g/mol. The first-order chi connectivity index (χ1) is 16.5. The van der Waals surface area contributed by atoms with Gasteiger partial charge in [0, 0.05) is 35.8 Å². The highest BCUT2D eigenvalue weighted by Crippen LogP contribution is 2.20. The summed E-state index contributed by atoms with van der Waals surface area (Å²) in [6.45, 7) is 2.29. The van der Waals surface area contributed by atoms with Gasteiger partial charge in [0.25, 0.3) is 0 Å². The van der Waals surface area contributed by atoms with E-state index >= 15 is 0 Å². The molecule has 0 aliphatic carbocycles. The van der Waals surface area contributed by atoms with Gasteiger partial charge >= 0.3 is 0 Å². The minimum Gasteiger partial charge on any atom is -0.355 e. The molecule has 7 heteroatoms. The normalized spacial score (nSPS) is 11.6. The van der Waals surface area contributed by atoms with Crippen LogP contribution in [-0.2, 0) is 28.3 Å². The Hall–Kier alpha value is -2.83. The van der Waals surface area contributed by atoms with Crippen LogP contribution in [-0.4, -0.2) is 35.1 Å². The van der Waals surface area contributed by atoms with Crippen LogP contribution < -0.4 is 5.32 Å². The Kier molecular flexibility index (Phi) is 9.98. The van der Waals surface area contributed by atoms with Gasteiger partial charge in [-0.25, -0.2) is 4.39 Å². The Morgan fingerprint density at radius 3 is 2.41 bits per heavy atom. The zero-order chi connectivity index (χ0) is 24.3. The SMILES string of the molecule is CCNC(=O)C(Cc1ccccc1)N(Cc1ccccc1F)C(=O)CSCc1cccc(Cl)c1. The lowest BCUT2D eigenvalue weighted by Crippen LogP contribution is -2.51. The minimum absolute atomic E-state index is 0.0118. The molecular weight excluding hydrogens is 471 g/mol. The number of thioether (sulfide) groups is 1. The fourth-order valence-electron chi connectivity index (χ4n) is 3.62. The molecule has 0 bridgehead atoms. The molecule has 1 N–H and O–H groups in total. The molecule has 0 heterocycles. The van der Waals surface area contributed by atoms with Gasteiger partial charge in [-0.3, -0.25) is 9.59 Å². The predicted molar refractivity (Wildman–Crippen MR) is 137 cm³/mol. The van der Waals surface area contributed by atoms with Crippen molar-refractivity contribution in [3.63, 3.8) is 0 Å². The summed E-state index contributed by atoms with van der Waals surface area (Å²) in [5.41, 5.74) is 2.31. The van der Waals surface area contributed by atoms with E-state index < -0.39 is 11.9 Å². The third-order valence-corrected chi connectivity index (χ3v) is 6.53. The van der Waals surface area contributed by atoms with Crippen molar-refractivity contribution >= 4 is 35.2 Å². The summed E-state index contributed by atoms with van der Waals surface area (Å²) >= 11 is 7.50. The number of halogens is 2. The number of rotatable bonds is 11. The molecule has 0 saturated heterocycles. The number of likely N-dealkylation sites (N-methyl/N-ethyl adjacent to an activating group) is 1. The lowest BCUT2D eigenvalue weighted by atomic mass is 10.0. The summed E-state index contributed by atoms with van der Waals surface area (Å²) in [6.07, 6.45) is 0.339. The van der Waals surface area contributed by atoms with Crippen molar-refractivity contribution in [2.45, 2.75) is 31.7 Å². The van der Waals surface area contributed by atoms with Gasteiger partial charge in [-0.1, -0.05) is 72.3 Å². The molecule has 3 rings (SSSR count). The van der Waals surface area contributed by atoms with Crippen molar-refractivity contribution < 1.29 is 14.0 Å². The third kappa shape index (κ3) is 7.61. The smallest absolute Gasteiger partial charge is 0.243 e. The van der Waals surface area contributed by atoms with Gasteiger partial charge in [-0.2, -0.15) is 0 Å². The number of amides is 2. The Morgan fingerprint density at radius 2 is 1.71 bits per heavy atom. The van der Waals surface area contributed by atoms with Crippen LogP contribution in [0.1, 0.15) is 23.6 Å². The van der Waals surface area contributed by atoms with Crippen molar-refractivity contribution in [2.24, 2.45) is 0 Å². The Balaban J connectivity index is 1.83. The number of nitrogens with zero attached hydrogens (tertiary/aromatic N) is 1. The largest absolute Gasteiger partial charge is 0.355 e. The molecular formula is C27H28ClFN2O2S. The third-order valence-electron chi connectivity index (χ3n) is 5.30. The van der Waals surface area contributed by atoms with Gasteiger partial charge < -0.3 is 10.2 Å². The number of hydrogen-bond donors (Lipinski definition) is 1. The first-order valence-corrected chi connectivity index (χ1v) is 12.7. The van der Waals surface area contributed by atoms with E-state index in [9.17, 15) is 14.0 Å². The second-order valence-electron chi connectivity index (χ2n) is 7.84.